The van der Waals surface area contributed by atoms with E-state index in [0.717, 1.165) is 16.6 Å². The van der Waals surface area contributed by atoms with Crippen molar-refractivity contribution in [1.29, 1.82) is 0 Å². The molecule has 5 nitrogen and oxygen atoms in total. The SMILES string of the molecule is CCNC(c1c(C(=O)OCC2CO2)ccc(N)c1Br)C1CCCCC1. The molecule has 3 N–H and O–H groups in total. The molecule has 1 aromatic carbocycles. The molecule has 0 bridgehead atoms. The quantitative estimate of drug-likeness (QED) is 0.405. The molecular formula is C19H27BrN2O3. The first kappa shape index (κ1) is 18.7. The normalized spacial score (nSPS) is 21.8. The Morgan fingerprint density at radius 3 is 2.76 bits per heavy atom. The number of halogens is 1. The molecule has 0 aromatic heterocycles. The Kier molecular flexibility index (Phi) is 6.36. The largest absolute Gasteiger partial charge is 0.459 e. The summed E-state index contributed by atoms with van der Waals surface area (Å²) in [5.74, 6) is 0.204. The highest BCUT2D eigenvalue weighted by Crippen LogP contribution is 2.41. The number of benzene rings is 1. The molecule has 6 heteroatoms. The van der Waals surface area contributed by atoms with Crippen LogP contribution in [0.15, 0.2) is 16.6 Å². The maximum absolute atomic E-state index is 12.7. The van der Waals surface area contributed by atoms with Gasteiger partial charge in [-0.1, -0.05) is 26.2 Å². The summed E-state index contributed by atoms with van der Waals surface area (Å²) in [6.07, 6.45) is 6.18. The smallest absolute Gasteiger partial charge is 0.338 e. The third-order valence-electron chi connectivity index (χ3n) is 5.09. The summed E-state index contributed by atoms with van der Waals surface area (Å²) >= 11 is 3.63. The molecule has 2 atom stereocenters. The number of epoxide rings is 1. The van der Waals surface area contributed by atoms with E-state index in [0.29, 0.717) is 30.4 Å². The van der Waals surface area contributed by atoms with E-state index in [1.165, 1.54) is 32.1 Å². The van der Waals surface area contributed by atoms with Gasteiger partial charge in [0.1, 0.15) is 12.7 Å². The van der Waals surface area contributed by atoms with Crippen molar-refractivity contribution >= 4 is 27.6 Å². The average molecular weight is 411 g/mol. The lowest BCUT2D eigenvalue weighted by molar-refractivity contribution is 0.0473. The Bertz CT molecular complexity index is 613. The highest BCUT2D eigenvalue weighted by Gasteiger charge is 2.31. The van der Waals surface area contributed by atoms with E-state index < -0.39 is 0 Å². The van der Waals surface area contributed by atoms with Gasteiger partial charge in [-0.2, -0.15) is 0 Å². The van der Waals surface area contributed by atoms with Crippen LogP contribution in [-0.2, 0) is 9.47 Å². The van der Waals surface area contributed by atoms with E-state index in [2.05, 4.69) is 28.2 Å². The molecule has 1 saturated heterocycles. The molecule has 2 unspecified atom stereocenters. The van der Waals surface area contributed by atoms with Crippen molar-refractivity contribution in [2.75, 3.05) is 25.5 Å². The lowest BCUT2D eigenvalue weighted by Gasteiger charge is -2.33. The lowest BCUT2D eigenvalue weighted by atomic mass is 9.79. The number of nitrogen functional groups attached to an aromatic ring is 1. The van der Waals surface area contributed by atoms with Crippen LogP contribution in [0.5, 0.6) is 0 Å². The number of esters is 1. The maximum Gasteiger partial charge on any atom is 0.338 e. The van der Waals surface area contributed by atoms with Gasteiger partial charge in [0.05, 0.1) is 12.2 Å². The molecule has 0 spiro atoms. The number of ether oxygens (including phenoxy) is 2. The number of anilines is 1. The van der Waals surface area contributed by atoms with Gasteiger partial charge < -0.3 is 20.5 Å². The topological polar surface area (TPSA) is 76.9 Å². The zero-order chi connectivity index (χ0) is 17.8. The molecule has 1 aromatic rings. The second-order valence-electron chi connectivity index (χ2n) is 6.92. The fourth-order valence-electron chi connectivity index (χ4n) is 3.69. The van der Waals surface area contributed by atoms with Crippen LogP contribution >= 0.6 is 15.9 Å². The van der Waals surface area contributed by atoms with Gasteiger partial charge in [0, 0.05) is 21.8 Å². The standard InChI is InChI=1S/C19H27BrN2O3/c1-2-22-18(12-6-4-3-5-7-12)16-14(8-9-15(21)17(16)20)19(23)25-11-13-10-24-13/h8-9,12-13,18,22H,2-7,10-11,21H2,1H3. The molecule has 25 heavy (non-hydrogen) atoms. The predicted molar refractivity (Wildman–Crippen MR) is 102 cm³/mol. The van der Waals surface area contributed by atoms with Crippen molar-refractivity contribution in [3.8, 4) is 0 Å². The molecule has 1 aliphatic carbocycles. The maximum atomic E-state index is 12.7. The van der Waals surface area contributed by atoms with Crippen molar-refractivity contribution in [2.45, 2.75) is 51.2 Å². The van der Waals surface area contributed by atoms with Crippen LogP contribution < -0.4 is 11.1 Å². The second kappa shape index (κ2) is 8.52. The third-order valence-corrected chi connectivity index (χ3v) is 5.97. The lowest BCUT2D eigenvalue weighted by Crippen LogP contribution is -2.32. The van der Waals surface area contributed by atoms with Gasteiger partial charge in [0.25, 0.3) is 0 Å². The number of carbonyl (C=O) groups excluding carboxylic acids is 1. The molecule has 0 amide bonds. The van der Waals surface area contributed by atoms with E-state index in [1.807, 2.05) is 0 Å². The van der Waals surface area contributed by atoms with Crippen molar-refractivity contribution in [3.05, 3.63) is 27.7 Å². The van der Waals surface area contributed by atoms with Gasteiger partial charge in [-0.25, -0.2) is 4.79 Å². The molecule has 1 saturated carbocycles. The number of rotatable bonds is 7. The first-order valence-electron chi connectivity index (χ1n) is 9.21. The Labute approximate surface area is 157 Å². The van der Waals surface area contributed by atoms with Crippen LogP contribution in [0.4, 0.5) is 5.69 Å². The van der Waals surface area contributed by atoms with Crippen LogP contribution in [0, 0.1) is 5.92 Å². The molecule has 2 fully saturated rings. The fraction of sp³-hybridized carbons (Fsp3) is 0.632. The highest BCUT2D eigenvalue weighted by atomic mass is 79.9. The Morgan fingerprint density at radius 2 is 2.12 bits per heavy atom. The van der Waals surface area contributed by atoms with Gasteiger partial charge in [0.15, 0.2) is 0 Å². The highest BCUT2D eigenvalue weighted by molar-refractivity contribution is 9.10. The van der Waals surface area contributed by atoms with Gasteiger partial charge in [-0.15, -0.1) is 0 Å². The first-order chi connectivity index (χ1) is 12.1. The number of nitrogens with one attached hydrogen (secondary N) is 1. The van der Waals surface area contributed by atoms with Crippen molar-refractivity contribution < 1.29 is 14.3 Å². The number of hydrogen-bond donors (Lipinski definition) is 2. The van der Waals surface area contributed by atoms with Crippen molar-refractivity contribution in [1.82, 2.24) is 5.32 Å². The summed E-state index contributed by atoms with van der Waals surface area (Å²) in [7, 11) is 0. The summed E-state index contributed by atoms with van der Waals surface area (Å²) in [6, 6.07) is 3.66. The first-order valence-corrected chi connectivity index (χ1v) is 10.0. The number of nitrogens with two attached hydrogens (primary N) is 1. The molecule has 0 radical (unpaired) electrons. The Hall–Kier alpha value is -1.11. The number of hydrogen-bond acceptors (Lipinski definition) is 5. The summed E-state index contributed by atoms with van der Waals surface area (Å²) in [5, 5.41) is 3.59. The average Bonchev–Trinajstić information content (AvgIpc) is 3.45. The van der Waals surface area contributed by atoms with Crippen LogP contribution in [-0.4, -0.2) is 31.8 Å². The van der Waals surface area contributed by atoms with Gasteiger partial charge >= 0.3 is 5.97 Å². The minimum absolute atomic E-state index is 0.0625. The summed E-state index contributed by atoms with van der Waals surface area (Å²) in [6.45, 7) is 3.93. The van der Waals surface area contributed by atoms with Crippen LogP contribution in [0.1, 0.15) is 61.0 Å². The van der Waals surface area contributed by atoms with Gasteiger partial charge in [0.2, 0.25) is 0 Å². The molecule has 1 heterocycles. The number of carbonyl (C=O) groups is 1. The van der Waals surface area contributed by atoms with Crippen molar-refractivity contribution in [2.24, 2.45) is 5.92 Å². The summed E-state index contributed by atoms with van der Waals surface area (Å²) in [5.41, 5.74) is 8.32. The molecule has 2 aliphatic rings. The van der Waals surface area contributed by atoms with Crippen LogP contribution in [0.2, 0.25) is 0 Å². The van der Waals surface area contributed by atoms with E-state index in [1.54, 1.807) is 12.1 Å². The van der Waals surface area contributed by atoms with E-state index >= 15 is 0 Å². The summed E-state index contributed by atoms with van der Waals surface area (Å²) in [4.78, 5) is 12.7. The van der Waals surface area contributed by atoms with Gasteiger partial charge in [-0.3, -0.25) is 0 Å². The minimum atomic E-state index is -0.301. The molecule has 3 rings (SSSR count). The minimum Gasteiger partial charge on any atom is -0.459 e. The monoisotopic (exact) mass is 410 g/mol. The summed E-state index contributed by atoms with van der Waals surface area (Å²) < 4.78 is 11.4. The zero-order valence-electron chi connectivity index (χ0n) is 14.7. The predicted octanol–water partition coefficient (Wildman–Crippen LogP) is 3.82. The molecule has 1 aliphatic heterocycles. The fourth-order valence-corrected chi connectivity index (χ4v) is 4.29. The Balaban J connectivity index is 1.91. The second-order valence-corrected chi connectivity index (χ2v) is 7.71. The van der Waals surface area contributed by atoms with E-state index in [4.69, 9.17) is 15.2 Å². The van der Waals surface area contributed by atoms with Crippen LogP contribution in [0.25, 0.3) is 0 Å². The van der Waals surface area contributed by atoms with Crippen molar-refractivity contribution in [3.63, 3.8) is 0 Å². The molecular weight excluding hydrogens is 384 g/mol. The van der Waals surface area contributed by atoms with E-state index in [-0.39, 0.29) is 18.1 Å². The van der Waals surface area contributed by atoms with Crippen LogP contribution in [0.3, 0.4) is 0 Å². The third kappa shape index (κ3) is 4.54. The molecule has 138 valence electrons. The Morgan fingerprint density at radius 1 is 1.40 bits per heavy atom. The van der Waals surface area contributed by atoms with E-state index in [9.17, 15) is 4.79 Å². The zero-order valence-corrected chi connectivity index (χ0v) is 16.3. The van der Waals surface area contributed by atoms with Gasteiger partial charge in [-0.05, 0) is 53.4 Å².